The van der Waals surface area contributed by atoms with Crippen molar-refractivity contribution < 1.29 is 9.90 Å². The first-order valence-electron chi connectivity index (χ1n) is 7.80. The number of nitrogens with one attached hydrogen (secondary N) is 1. The first kappa shape index (κ1) is 15.9. The van der Waals surface area contributed by atoms with E-state index in [9.17, 15) is 9.90 Å². The zero-order valence-corrected chi connectivity index (χ0v) is 14.0. The third kappa shape index (κ3) is 3.06. The first-order valence-corrected chi connectivity index (χ1v) is 8.18. The fraction of sp³-hybridized carbons (Fsp3) is 0.412. The van der Waals surface area contributed by atoms with Gasteiger partial charge in [-0.2, -0.15) is 5.10 Å². The van der Waals surface area contributed by atoms with Crippen molar-refractivity contribution in [3.05, 3.63) is 40.5 Å². The second kappa shape index (κ2) is 6.24. The van der Waals surface area contributed by atoms with Gasteiger partial charge in [-0.3, -0.25) is 4.79 Å². The molecule has 0 radical (unpaired) electrons. The number of fused-ring (bicyclic) bond motifs is 1. The van der Waals surface area contributed by atoms with Crippen LogP contribution >= 0.6 is 11.6 Å². The summed E-state index contributed by atoms with van der Waals surface area (Å²) in [6, 6.07) is 5.13. The molecule has 0 saturated heterocycles. The van der Waals surface area contributed by atoms with Crippen molar-refractivity contribution in [2.75, 3.05) is 5.32 Å². The van der Waals surface area contributed by atoms with E-state index in [4.69, 9.17) is 11.6 Å². The molecule has 2 heterocycles. The number of phenolic OH excluding ortho intramolecular Hbond substituents is 1. The Kier molecular flexibility index (Phi) is 4.31. The van der Waals surface area contributed by atoms with E-state index in [1.807, 2.05) is 10.7 Å². The summed E-state index contributed by atoms with van der Waals surface area (Å²) in [7, 11) is 0. The van der Waals surface area contributed by atoms with E-state index in [1.54, 1.807) is 18.3 Å². The Balaban J connectivity index is 2.00. The maximum atomic E-state index is 12.1. The average Bonchev–Trinajstić information content (AvgIpc) is 2.90. The lowest BCUT2D eigenvalue weighted by Crippen LogP contribution is -2.25. The zero-order valence-electron chi connectivity index (χ0n) is 13.2. The normalized spacial score (nSPS) is 17.2. The molecule has 2 aromatic rings. The van der Waals surface area contributed by atoms with Crippen molar-refractivity contribution in [1.82, 2.24) is 9.78 Å². The Morgan fingerprint density at radius 2 is 2.22 bits per heavy atom. The van der Waals surface area contributed by atoms with Crippen LogP contribution in [0.4, 0.5) is 5.82 Å². The highest BCUT2D eigenvalue weighted by Gasteiger charge is 2.31. The standard InChI is InChI=1S/C17H20ClN3O2/c1-10(2)6-7-21-17-13(9-19-21)12(8-15(23)20-17)11-4-3-5-14(22)16(11)18/h3-5,9-10,12,22H,6-8H2,1-2H3,(H,20,23). The molecule has 1 unspecified atom stereocenters. The van der Waals surface area contributed by atoms with Crippen molar-refractivity contribution in [1.29, 1.82) is 0 Å². The molecular weight excluding hydrogens is 314 g/mol. The van der Waals surface area contributed by atoms with Gasteiger partial charge in [0, 0.05) is 24.4 Å². The van der Waals surface area contributed by atoms with Gasteiger partial charge in [0.05, 0.1) is 11.2 Å². The highest BCUT2D eigenvalue weighted by molar-refractivity contribution is 6.33. The summed E-state index contributed by atoms with van der Waals surface area (Å²) in [6.07, 6.45) is 3.08. The monoisotopic (exact) mass is 333 g/mol. The largest absolute Gasteiger partial charge is 0.506 e. The van der Waals surface area contributed by atoms with E-state index in [2.05, 4.69) is 24.3 Å². The van der Waals surface area contributed by atoms with E-state index in [0.717, 1.165) is 29.9 Å². The molecule has 122 valence electrons. The maximum Gasteiger partial charge on any atom is 0.226 e. The second-order valence-corrected chi connectivity index (χ2v) is 6.72. The highest BCUT2D eigenvalue weighted by Crippen LogP contribution is 2.42. The van der Waals surface area contributed by atoms with Crippen molar-refractivity contribution in [2.45, 2.75) is 39.2 Å². The fourth-order valence-electron chi connectivity index (χ4n) is 2.90. The summed E-state index contributed by atoms with van der Waals surface area (Å²) in [5.74, 6) is 1.08. The van der Waals surface area contributed by atoms with Gasteiger partial charge in [-0.05, 0) is 24.0 Å². The second-order valence-electron chi connectivity index (χ2n) is 6.34. The number of amides is 1. The summed E-state index contributed by atoms with van der Waals surface area (Å²) in [5.41, 5.74) is 1.70. The number of carbonyl (C=O) groups excluding carboxylic acids is 1. The number of benzene rings is 1. The SMILES string of the molecule is CC(C)CCn1ncc2c1NC(=O)CC2c1cccc(O)c1Cl. The number of halogens is 1. The van der Waals surface area contributed by atoms with E-state index < -0.39 is 0 Å². The molecule has 5 nitrogen and oxygen atoms in total. The molecule has 0 fully saturated rings. The summed E-state index contributed by atoms with van der Waals surface area (Å²) in [5, 5.41) is 17.5. The van der Waals surface area contributed by atoms with Crippen LogP contribution in [0.15, 0.2) is 24.4 Å². The van der Waals surface area contributed by atoms with Crippen LogP contribution in [0.25, 0.3) is 0 Å². The molecule has 0 bridgehead atoms. The van der Waals surface area contributed by atoms with Gasteiger partial charge >= 0.3 is 0 Å². The number of hydrogen-bond acceptors (Lipinski definition) is 3. The molecule has 1 aliphatic rings. The van der Waals surface area contributed by atoms with Gasteiger partial charge in [-0.15, -0.1) is 0 Å². The van der Waals surface area contributed by atoms with Crippen LogP contribution in [0.3, 0.4) is 0 Å². The number of hydrogen-bond donors (Lipinski definition) is 2. The molecule has 0 aliphatic carbocycles. The molecule has 6 heteroatoms. The smallest absolute Gasteiger partial charge is 0.226 e. The van der Waals surface area contributed by atoms with Crippen LogP contribution < -0.4 is 5.32 Å². The molecule has 0 saturated carbocycles. The fourth-order valence-corrected chi connectivity index (χ4v) is 3.16. The number of aromatic hydroxyl groups is 1. The summed E-state index contributed by atoms with van der Waals surface area (Å²) in [4.78, 5) is 12.1. The molecule has 3 rings (SSSR count). The molecule has 2 N–H and O–H groups in total. The van der Waals surface area contributed by atoms with Gasteiger partial charge < -0.3 is 10.4 Å². The molecule has 1 atom stereocenters. The van der Waals surface area contributed by atoms with Crippen molar-refractivity contribution in [3.8, 4) is 5.75 Å². The van der Waals surface area contributed by atoms with Gasteiger partial charge in [-0.1, -0.05) is 37.6 Å². The van der Waals surface area contributed by atoms with Crippen LogP contribution in [0.2, 0.25) is 5.02 Å². The van der Waals surface area contributed by atoms with Gasteiger partial charge in [0.25, 0.3) is 0 Å². The van der Waals surface area contributed by atoms with Crippen LogP contribution in [0.1, 0.15) is 43.7 Å². The molecule has 1 aromatic carbocycles. The van der Waals surface area contributed by atoms with Crippen molar-refractivity contribution in [3.63, 3.8) is 0 Å². The molecule has 1 aliphatic heterocycles. The van der Waals surface area contributed by atoms with Crippen LogP contribution in [0.5, 0.6) is 5.75 Å². The van der Waals surface area contributed by atoms with Crippen LogP contribution in [-0.4, -0.2) is 20.8 Å². The number of phenols is 1. The van der Waals surface area contributed by atoms with Crippen molar-refractivity contribution >= 4 is 23.3 Å². The minimum atomic E-state index is -0.189. The predicted octanol–water partition coefficient (Wildman–Crippen LogP) is 3.76. The number of carbonyl (C=O) groups is 1. The molecule has 1 amide bonds. The Hall–Kier alpha value is -2.01. The van der Waals surface area contributed by atoms with Gasteiger partial charge in [-0.25, -0.2) is 4.68 Å². The lowest BCUT2D eigenvalue weighted by atomic mass is 9.87. The minimum Gasteiger partial charge on any atom is -0.506 e. The Morgan fingerprint density at radius 3 is 2.96 bits per heavy atom. The zero-order chi connectivity index (χ0) is 16.6. The molecule has 1 aromatic heterocycles. The Labute approximate surface area is 140 Å². The van der Waals surface area contributed by atoms with E-state index in [-0.39, 0.29) is 17.6 Å². The quantitative estimate of drug-likeness (QED) is 0.895. The highest BCUT2D eigenvalue weighted by atomic mass is 35.5. The lowest BCUT2D eigenvalue weighted by Gasteiger charge is -2.24. The summed E-state index contributed by atoms with van der Waals surface area (Å²) < 4.78 is 1.84. The molecular formula is C17H20ClN3O2. The van der Waals surface area contributed by atoms with Gasteiger partial charge in [0.2, 0.25) is 5.91 Å². The first-order chi connectivity index (χ1) is 11.0. The number of anilines is 1. The lowest BCUT2D eigenvalue weighted by molar-refractivity contribution is -0.116. The average molecular weight is 334 g/mol. The van der Waals surface area contributed by atoms with Crippen LogP contribution in [-0.2, 0) is 11.3 Å². The van der Waals surface area contributed by atoms with E-state index in [1.165, 1.54) is 0 Å². The van der Waals surface area contributed by atoms with Crippen LogP contribution in [0, 0.1) is 5.92 Å². The van der Waals surface area contributed by atoms with E-state index >= 15 is 0 Å². The molecule has 23 heavy (non-hydrogen) atoms. The summed E-state index contributed by atoms with van der Waals surface area (Å²) in [6.45, 7) is 5.07. The number of aromatic nitrogens is 2. The van der Waals surface area contributed by atoms with Crippen molar-refractivity contribution in [2.24, 2.45) is 5.92 Å². The Morgan fingerprint density at radius 1 is 1.43 bits per heavy atom. The van der Waals surface area contributed by atoms with Gasteiger partial charge in [0.15, 0.2) is 0 Å². The number of nitrogens with zero attached hydrogens (tertiary/aromatic N) is 2. The minimum absolute atomic E-state index is 0.0314. The number of rotatable bonds is 4. The topological polar surface area (TPSA) is 67.2 Å². The Bertz CT molecular complexity index is 739. The molecule has 0 spiro atoms. The third-order valence-corrected chi connectivity index (χ3v) is 4.60. The predicted molar refractivity (Wildman–Crippen MR) is 89.9 cm³/mol. The third-order valence-electron chi connectivity index (χ3n) is 4.19. The maximum absolute atomic E-state index is 12.1. The summed E-state index contributed by atoms with van der Waals surface area (Å²) >= 11 is 6.24. The number of aryl methyl sites for hydroxylation is 1. The van der Waals surface area contributed by atoms with Gasteiger partial charge in [0.1, 0.15) is 11.6 Å². The van der Waals surface area contributed by atoms with E-state index in [0.29, 0.717) is 17.4 Å².